The van der Waals surface area contributed by atoms with Crippen molar-refractivity contribution < 1.29 is 4.52 Å². The van der Waals surface area contributed by atoms with Gasteiger partial charge in [-0.25, -0.2) is 4.98 Å². The van der Waals surface area contributed by atoms with E-state index in [-0.39, 0.29) is 5.41 Å². The number of hydrogen-bond acceptors (Lipinski definition) is 4. The first-order chi connectivity index (χ1) is 10.0. The van der Waals surface area contributed by atoms with Crippen molar-refractivity contribution in [2.75, 3.05) is 0 Å². The summed E-state index contributed by atoms with van der Waals surface area (Å²) in [5, 5.41) is 4.04. The number of rotatable bonds is 3. The number of aromatic nitrogens is 4. The van der Waals surface area contributed by atoms with E-state index in [0.717, 1.165) is 17.1 Å². The van der Waals surface area contributed by atoms with Crippen molar-refractivity contribution in [1.82, 2.24) is 19.7 Å². The van der Waals surface area contributed by atoms with E-state index in [0.29, 0.717) is 12.3 Å². The van der Waals surface area contributed by atoms with Crippen molar-refractivity contribution in [2.45, 2.75) is 32.6 Å². The van der Waals surface area contributed by atoms with Gasteiger partial charge in [0.1, 0.15) is 0 Å². The zero-order chi connectivity index (χ0) is 14.9. The van der Waals surface area contributed by atoms with Crippen molar-refractivity contribution in [2.24, 2.45) is 0 Å². The van der Waals surface area contributed by atoms with E-state index in [1.165, 1.54) is 0 Å². The molecule has 0 atom stereocenters. The Morgan fingerprint density at radius 2 is 1.90 bits per heavy atom. The Kier molecular flexibility index (Phi) is 3.33. The predicted molar refractivity (Wildman–Crippen MR) is 79.4 cm³/mol. The van der Waals surface area contributed by atoms with Gasteiger partial charge in [-0.05, 0) is 17.7 Å². The molecule has 3 rings (SSSR count). The minimum atomic E-state index is -0.0902. The molecular formula is C16H18N4O. The van der Waals surface area contributed by atoms with Crippen LogP contribution in [-0.2, 0) is 11.8 Å². The molecule has 2 aromatic heterocycles. The van der Waals surface area contributed by atoms with Crippen LogP contribution in [0.15, 0.2) is 47.5 Å². The Hall–Kier alpha value is -2.43. The van der Waals surface area contributed by atoms with Gasteiger partial charge in [0.05, 0.1) is 12.7 Å². The first kappa shape index (κ1) is 13.5. The molecule has 0 amide bonds. The van der Waals surface area contributed by atoms with Crippen molar-refractivity contribution in [3.8, 4) is 5.69 Å². The average molecular weight is 282 g/mol. The van der Waals surface area contributed by atoms with Gasteiger partial charge in [0.15, 0.2) is 5.82 Å². The molecule has 0 saturated carbocycles. The first-order valence-corrected chi connectivity index (χ1v) is 6.93. The molecule has 0 aliphatic carbocycles. The highest BCUT2D eigenvalue weighted by Crippen LogP contribution is 2.19. The third kappa shape index (κ3) is 3.02. The monoisotopic (exact) mass is 282 g/mol. The summed E-state index contributed by atoms with van der Waals surface area (Å²) >= 11 is 0. The Morgan fingerprint density at radius 1 is 1.14 bits per heavy atom. The van der Waals surface area contributed by atoms with E-state index < -0.39 is 0 Å². The zero-order valence-corrected chi connectivity index (χ0v) is 12.4. The summed E-state index contributed by atoms with van der Waals surface area (Å²) in [5.41, 5.74) is 2.13. The average Bonchev–Trinajstić information content (AvgIpc) is 3.09. The van der Waals surface area contributed by atoms with Crippen LogP contribution in [0, 0.1) is 0 Å². The summed E-state index contributed by atoms with van der Waals surface area (Å²) in [5.74, 6) is 1.39. The molecule has 0 spiro atoms. The summed E-state index contributed by atoms with van der Waals surface area (Å²) in [6.07, 6.45) is 6.11. The summed E-state index contributed by atoms with van der Waals surface area (Å²) < 4.78 is 7.29. The standard InChI is InChI=1S/C16H18N4O/c1-16(2,3)15-18-14(21-19-15)10-12-4-6-13(7-5-12)20-9-8-17-11-20/h4-9,11H,10H2,1-3H3. The van der Waals surface area contributed by atoms with Crippen LogP contribution in [0.3, 0.4) is 0 Å². The molecule has 0 aliphatic rings. The van der Waals surface area contributed by atoms with E-state index >= 15 is 0 Å². The lowest BCUT2D eigenvalue weighted by molar-refractivity contribution is 0.368. The van der Waals surface area contributed by atoms with Crippen molar-refractivity contribution in [3.05, 3.63) is 60.3 Å². The van der Waals surface area contributed by atoms with Gasteiger partial charge >= 0.3 is 0 Å². The third-order valence-corrected chi connectivity index (χ3v) is 3.23. The molecule has 0 aliphatic heterocycles. The first-order valence-electron chi connectivity index (χ1n) is 6.93. The normalized spacial score (nSPS) is 11.8. The Labute approximate surface area is 123 Å². The molecule has 21 heavy (non-hydrogen) atoms. The summed E-state index contributed by atoms with van der Waals surface area (Å²) in [4.78, 5) is 8.50. The second-order valence-electron chi connectivity index (χ2n) is 6.07. The molecule has 3 aromatic rings. The molecule has 5 heteroatoms. The van der Waals surface area contributed by atoms with Gasteiger partial charge in [-0.15, -0.1) is 0 Å². The van der Waals surface area contributed by atoms with E-state index in [9.17, 15) is 0 Å². The fourth-order valence-electron chi connectivity index (χ4n) is 2.00. The Morgan fingerprint density at radius 3 is 2.48 bits per heavy atom. The van der Waals surface area contributed by atoms with E-state index in [4.69, 9.17) is 4.52 Å². The highest BCUT2D eigenvalue weighted by molar-refractivity contribution is 5.35. The number of nitrogens with zero attached hydrogens (tertiary/aromatic N) is 4. The molecule has 0 radical (unpaired) electrons. The second-order valence-corrected chi connectivity index (χ2v) is 6.07. The molecule has 0 N–H and O–H groups in total. The van der Waals surface area contributed by atoms with Crippen molar-refractivity contribution in [1.29, 1.82) is 0 Å². The van der Waals surface area contributed by atoms with Gasteiger partial charge in [-0.2, -0.15) is 4.98 Å². The summed E-state index contributed by atoms with van der Waals surface area (Å²) in [7, 11) is 0. The van der Waals surface area contributed by atoms with Crippen LogP contribution in [0.4, 0.5) is 0 Å². The van der Waals surface area contributed by atoms with Crippen LogP contribution in [0.25, 0.3) is 5.69 Å². The molecule has 0 bridgehead atoms. The highest BCUT2D eigenvalue weighted by Gasteiger charge is 2.20. The van der Waals surface area contributed by atoms with Gasteiger partial charge in [-0.3, -0.25) is 0 Å². The Bertz CT molecular complexity index is 706. The van der Waals surface area contributed by atoms with Crippen LogP contribution >= 0.6 is 0 Å². The van der Waals surface area contributed by atoms with Crippen molar-refractivity contribution >= 4 is 0 Å². The summed E-state index contributed by atoms with van der Waals surface area (Å²) in [6, 6.07) is 8.24. The lowest BCUT2D eigenvalue weighted by atomic mass is 9.96. The lowest BCUT2D eigenvalue weighted by Crippen LogP contribution is -2.13. The highest BCUT2D eigenvalue weighted by atomic mass is 16.5. The van der Waals surface area contributed by atoms with Gasteiger partial charge in [0.25, 0.3) is 0 Å². The molecule has 0 unspecified atom stereocenters. The molecule has 5 nitrogen and oxygen atoms in total. The number of hydrogen-bond donors (Lipinski definition) is 0. The smallest absolute Gasteiger partial charge is 0.231 e. The minimum Gasteiger partial charge on any atom is -0.339 e. The lowest BCUT2D eigenvalue weighted by Gasteiger charge is -2.10. The van der Waals surface area contributed by atoms with E-state index in [1.54, 1.807) is 12.5 Å². The van der Waals surface area contributed by atoms with Crippen LogP contribution in [0.5, 0.6) is 0 Å². The van der Waals surface area contributed by atoms with E-state index in [2.05, 4.69) is 60.2 Å². The van der Waals surface area contributed by atoms with Crippen molar-refractivity contribution in [3.63, 3.8) is 0 Å². The predicted octanol–water partition coefficient (Wildman–Crippen LogP) is 3.14. The van der Waals surface area contributed by atoms with Gasteiger partial charge < -0.3 is 9.09 Å². The SMILES string of the molecule is CC(C)(C)c1noc(Cc2ccc(-n3ccnc3)cc2)n1. The van der Waals surface area contributed by atoms with Gasteiger partial charge in [0, 0.05) is 23.5 Å². The molecule has 2 heterocycles. The third-order valence-electron chi connectivity index (χ3n) is 3.23. The molecular weight excluding hydrogens is 264 g/mol. The van der Waals surface area contributed by atoms with Crippen LogP contribution in [-0.4, -0.2) is 19.7 Å². The number of benzene rings is 1. The molecule has 0 saturated heterocycles. The maximum absolute atomic E-state index is 5.32. The van der Waals surface area contributed by atoms with Gasteiger partial charge in [0.2, 0.25) is 5.89 Å². The fourth-order valence-corrected chi connectivity index (χ4v) is 2.00. The van der Waals surface area contributed by atoms with Crippen LogP contribution in [0.2, 0.25) is 0 Å². The topological polar surface area (TPSA) is 56.7 Å². The fraction of sp³-hybridized carbons (Fsp3) is 0.312. The van der Waals surface area contributed by atoms with Crippen LogP contribution < -0.4 is 0 Å². The Balaban J connectivity index is 1.75. The number of imidazole rings is 1. The maximum Gasteiger partial charge on any atom is 0.231 e. The molecule has 0 fully saturated rings. The molecule has 1 aromatic carbocycles. The minimum absolute atomic E-state index is 0.0902. The van der Waals surface area contributed by atoms with Crippen LogP contribution in [0.1, 0.15) is 38.0 Å². The van der Waals surface area contributed by atoms with Gasteiger partial charge in [-0.1, -0.05) is 38.1 Å². The zero-order valence-electron chi connectivity index (χ0n) is 12.4. The maximum atomic E-state index is 5.32. The summed E-state index contributed by atoms with van der Waals surface area (Å²) in [6.45, 7) is 6.21. The quantitative estimate of drug-likeness (QED) is 0.740. The van der Waals surface area contributed by atoms with E-state index in [1.807, 2.05) is 10.8 Å². The second kappa shape index (κ2) is 5.16. The molecule has 108 valence electrons. The largest absolute Gasteiger partial charge is 0.339 e.